The van der Waals surface area contributed by atoms with E-state index in [4.69, 9.17) is 19.9 Å². The molecular formula is C20H23N3O5. The van der Waals surface area contributed by atoms with E-state index in [2.05, 4.69) is 5.32 Å². The molecule has 1 saturated heterocycles. The fourth-order valence-corrected chi connectivity index (χ4v) is 3.09. The number of ether oxygens (including phenoxy) is 3. The Labute approximate surface area is 163 Å². The van der Waals surface area contributed by atoms with Crippen molar-refractivity contribution in [1.29, 1.82) is 0 Å². The molecule has 3 N–H and O–H groups in total. The summed E-state index contributed by atoms with van der Waals surface area (Å²) in [5.74, 6) is 0.797. The van der Waals surface area contributed by atoms with E-state index in [0.717, 1.165) is 0 Å². The highest BCUT2D eigenvalue weighted by molar-refractivity contribution is 6.04. The molecule has 1 atom stereocenters. The van der Waals surface area contributed by atoms with E-state index in [1.54, 1.807) is 55.5 Å². The third-order valence-electron chi connectivity index (χ3n) is 4.66. The zero-order valence-corrected chi connectivity index (χ0v) is 16.0. The summed E-state index contributed by atoms with van der Waals surface area (Å²) >= 11 is 0. The van der Waals surface area contributed by atoms with Crippen LogP contribution in [0, 0.1) is 5.92 Å². The Bertz CT molecular complexity index is 877. The minimum absolute atomic E-state index is 0.106. The number of benzene rings is 2. The van der Waals surface area contributed by atoms with Crippen LogP contribution in [0.3, 0.4) is 0 Å². The van der Waals surface area contributed by atoms with Crippen LogP contribution in [0.15, 0.2) is 36.4 Å². The van der Waals surface area contributed by atoms with Crippen LogP contribution in [0.1, 0.15) is 6.42 Å². The van der Waals surface area contributed by atoms with Crippen molar-refractivity contribution >= 4 is 28.9 Å². The molecule has 0 radical (unpaired) electrons. The van der Waals surface area contributed by atoms with Gasteiger partial charge in [-0.3, -0.25) is 9.59 Å². The normalized spacial score (nSPS) is 16.0. The Morgan fingerprint density at radius 3 is 2.29 bits per heavy atom. The first kappa shape index (κ1) is 19.3. The van der Waals surface area contributed by atoms with Gasteiger partial charge in [0.15, 0.2) is 0 Å². The largest absolute Gasteiger partial charge is 0.497 e. The number of rotatable bonds is 6. The summed E-state index contributed by atoms with van der Waals surface area (Å²) < 4.78 is 15.7. The number of anilines is 3. The molecule has 1 fully saturated rings. The highest BCUT2D eigenvalue weighted by atomic mass is 16.5. The molecule has 2 aromatic carbocycles. The molecule has 28 heavy (non-hydrogen) atoms. The number of nitrogens with two attached hydrogens (primary N) is 1. The first-order chi connectivity index (χ1) is 13.4. The van der Waals surface area contributed by atoms with Gasteiger partial charge in [-0.1, -0.05) is 0 Å². The van der Waals surface area contributed by atoms with Crippen molar-refractivity contribution in [3.05, 3.63) is 36.4 Å². The summed E-state index contributed by atoms with van der Waals surface area (Å²) in [5, 5.41) is 2.79. The summed E-state index contributed by atoms with van der Waals surface area (Å²) in [6.45, 7) is 0.255. The molecule has 0 saturated carbocycles. The summed E-state index contributed by atoms with van der Waals surface area (Å²) in [5.41, 5.74) is 7.43. The first-order valence-corrected chi connectivity index (χ1v) is 8.73. The molecule has 0 bridgehead atoms. The molecule has 1 aliphatic heterocycles. The van der Waals surface area contributed by atoms with E-state index < -0.39 is 5.92 Å². The Kier molecular flexibility index (Phi) is 5.58. The third kappa shape index (κ3) is 3.95. The number of amides is 2. The lowest BCUT2D eigenvalue weighted by atomic mass is 10.1. The fraction of sp³-hybridized carbons (Fsp3) is 0.300. The molecule has 1 unspecified atom stereocenters. The van der Waals surface area contributed by atoms with Gasteiger partial charge in [0, 0.05) is 37.2 Å². The van der Waals surface area contributed by atoms with Crippen molar-refractivity contribution in [1.82, 2.24) is 0 Å². The Morgan fingerprint density at radius 1 is 1.04 bits per heavy atom. The molecule has 3 rings (SSSR count). The quantitative estimate of drug-likeness (QED) is 0.740. The van der Waals surface area contributed by atoms with Crippen molar-refractivity contribution in [2.45, 2.75) is 6.42 Å². The molecule has 8 heteroatoms. The summed E-state index contributed by atoms with van der Waals surface area (Å²) in [6, 6.07) is 10.2. The number of hydrogen-bond donors (Lipinski definition) is 2. The fourth-order valence-electron chi connectivity index (χ4n) is 3.09. The van der Waals surface area contributed by atoms with Crippen molar-refractivity contribution in [2.24, 2.45) is 5.92 Å². The SMILES string of the molecule is COc1cc(OC)cc(N2CC(C(=O)Nc3cc(OC)ccc3N)CC2=O)c1. The number of carbonyl (C=O) groups is 2. The molecule has 0 spiro atoms. The maximum atomic E-state index is 12.7. The lowest BCUT2D eigenvalue weighted by molar-refractivity contribution is -0.122. The van der Waals surface area contributed by atoms with Gasteiger partial charge in [0.2, 0.25) is 11.8 Å². The number of hydrogen-bond acceptors (Lipinski definition) is 6. The van der Waals surface area contributed by atoms with E-state index >= 15 is 0 Å². The molecule has 148 valence electrons. The summed E-state index contributed by atoms with van der Waals surface area (Å²) in [4.78, 5) is 26.8. The predicted molar refractivity (Wildman–Crippen MR) is 106 cm³/mol. The van der Waals surface area contributed by atoms with Gasteiger partial charge in [-0.25, -0.2) is 0 Å². The van der Waals surface area contributed by atoms with E-state index in [1.165, 1.54) is 7.11 Å². The van der Waals surface area contributed by atoms with Crippen LogP contribution in [-0.4, -0.2) is 39.7 Å². The molecule has 1 heterocycles. The van der Waals surface area contributed by atoms with Gasteiger partial charge in [-0.05, 0) is 12.1 Å². The van der Waals surface area contributed by atoms with Gasteiger partial charge < -0.3 is 30.2 Å². The lowest BCUT2D eigenvalue weighted by Crippen LogP contribution is -2.28. The highest BCUT2D eigenvalue weighted by Crippen LogP contribution is 2.33. The molecule has 1 aliphatic rings. The molecular weight excluding hydrogens is 362 g/mol. The molecule has 2 amide bonds. The molecule has 2 aromatic rings. The van der Waals surface area contributed by atoms with E-state index in [-0.39, 0.29) is 24.8 Å². The number of nitrogen functional groups attached to an aromatic ring is 1. The number of carbonyl (C=O) groups excluding carboxylic acids is 2. The van der Waals surface area contributed by atoms with E-state index in [1.807, 2.05) is 0 Å². The average Bonchev–Trinajstić information content (AvgIpc) is 3.11. The van der Waals surface area contributed by atoms with Crippen LogP contribution >= 0.6 is 0 Å². The standard InChI is InChI=1S/C20H23N3O5/c1-26-14-4-5-17(21)18(10-14)22-20(25)12-6-19(24)23(11-12)13-7-15(27-2)9-16(8-13)28-3/h4-5,7-10,12H,6,11,21H2,1-3H3,(H,22,25). The maximum absolute atomic E-state index is 12.7. The molecule has 8 nitrogen and oxygen atoms in total. The van der Waals surface area contributed by atoms with E-state index in [9.17, 15) is 9.59 Å². The van der Waals surface area contributed by atoms with Crippen LogP contribution < -0.4 is 30.2 Å². The lowest BCUT2D eigenvalue weighted by Gasteiger charge is -2.19. The van der Waals surface area contributed by atoms with Crippen molar-refractivity contribution in [3.8, 4) is 17.2 Å². The minimum atomic E-state index is -0.504. The van der Waals surface area contributed by atoms with Gasteiger partial charge in [0.1, 0.15) is 17.2 Å². The summed E-state index contributed by atoms with van der Waals surface area (Å²) in [7, 11) is 4.62. The van der Waals surface area contributed by atoms with Gasteiger partial charge in [0.25, 0.3) is 0 Å². The second-order valence-corrected chi connectivity index (χ2v) is 6.42. The van der Waals surface area contributed by atoms with Crippen LogP contribution in [0.4, 0.5) is 17.1 Å². The van der Waals surface area contributed by atoms with Crippen molar-refractivity contribution in [2.75, 3.05) is 43.8 Å². The maximum Gasteiger partial charge on any atom is 0.229 e. The second kappa shape index (κ2) is 8.08. The molecule has 0 aliphatic carbocycles. The minimum Gasteiger partial charge on any atom is -0.497 e. The predicted octanol–water partition coefficient (Wildman–Crippen LogP) is 2.29. The number of nitrogens with one attached hydrogen (secondary N) is 1. The van der Waals surface area contributed by atoms with Crippen LogP contribution in [0.25, 0.3) is 0 Å². The monoisotopic (exact) mass is 385 g/mol. The Hall–Kier alpha value is -3.42. The first-order valence-electron chi connectivity index (χ1n) is 8.73. The number of methoxy groups -OCH3 is 3. The van der Waals surface area contributed by atoms with Gasteiger partial charge in [0.05, 0.1) is 44.3 Å². The average molecular weight is 385 g/mol. The Balaban J connectivity index is 1.76. The zero-order valence-electron chi connectivity index (χ0n) is 16.0. The Morgan fingerprint density at radius 2 is 1.68 bits per heavy atom. The van der Waals surface area contributed by atoms with Crippen molar-refractivity contribution < 1.29 is 23.8 Å². The number of nitrogens with zero attached hydrogens (tertiary/aromatic N) is 1. The van der Waals surface area contributed by atoms with Crippen LogP contribution in [0.2, 0.25) is 0 Å². The van der Waals surface area contributed by atoms with Crippen molar-refractivity contribution in [3.63, 3.8) is 0 Å². The van der Waals surface area contributed by atoms with Gasteiger partial charge in [-0.2, -0.15) is 0 Å². The van der Waals surface area contributed by atoms with Crippen LogP contribution in [0.5, 0.6) is 17.2 Å². The topological polar surface area (TPSA) is 103 Å². The zero-order chi connectivity index (χ0) is 20.3. The van der Waals surface area contributed by atoms with Gasteiger partial charge in [-0.15, -0.1) is 0 Å². The smallest absolute Gasteiger partial charge is 0.229 e. The summed E-state index contributed by atoms with van der Waals surface area (Å²) in [6.07, 6.45) is 0.106. The van der Waals surface area contributed by atoms with E-state index in [0.29, 0.717) is 34.3 Å². The second-order valence-electron chi connectivity index (χ2n) is 6.42. The van der Waals surface area contributed by atoms with Gasteiger partial charge >= 0.3 is 0 Å². The highest BCUT2D eigenvalue weighted by Gasteiger charge is 2.35. The third-order valence-corrected chi connectivity index (χ3v) is 4.66. The molecule has 0 aromatic heterocycles. The van der Waals surface area contributed by atoms with Crippen LogP contribution in [-0.2, 0) is 9.59 Å².